The van der Waals surface area contributed by atoms with E-state index in [4.69, 9.17) is 4.74 Å². The molecule has 2 heterocycles. The molecule has 0 aromatic rings. The van der Waals surface area contributed by atoms with Crippen molar-refractivity contribution >= 4 is 0 Å². The van der Waals surface area contributed by atoms with Gasteiger partial charge in [-0.3, -0.25) is 0 Å². The average Bonchev–Trinajstić information content (AvgIpc) is 2.95. The summed E-state index contributed by atoms with van der Waals surface area (Å²) in [4.78, 5) is 2.72. The highest BCUT2D eigenvalue weighted by Gasteiger charge is 2.59. The van der Waals surface area contributed by atoms with Crippen molar-refractivity contribution in [2.24, 2.45) is 17.3 Å². The molecule has 19 heavy (non-hydrogen) atoms. The summed E-state index contributed by atoms with van der Waals surface area (Å²) in [5, 5.41) is 3.90. The van der Waals surface area contributed by atoms with Gasteiger partial charge in [0.2, 0.25) is 0 Å². The summed E-state index contributed by atoms with van der Waals surface area (Å²) in [6.07, 6.45) is 6.11. The monoisotopic (exact) mass is 264 g/mol. The number of likely N-dealkylation sites (tertiary alicyclic amines) is 1. The quantitative estimate of drug-likeness (QED) is 0.839. The SMILES string of the molecule is CC1(C)C(NCC2CCN(C3CC3)C2)C2CCOC21. The second kappa shape index (κ2) is 4.44. The van der Waals surface area contributed by atoms with E-state index in [0.717, 1.165) is 24.5 Å². The number of hydrogen-bond donors (Lipinski definition) is 1. The van der Waals surface area contributed by atoms with Crippen LogP contribution in [-0.4, -0.2) is 49.3 Å². The zero-order valence-corrected chi connectivity index (χ0v) is 12.4. The summed E-state index contributed by atoms with van der Waals surface area (Å²) in [5.41, 5.74) is 0.343. The van der Waals surface area contributed by atoms with Gasteiger partial charge in [-0.15, -0.1) is 0 Å². The van der Waals surface area contributed by atoms with Crippen molar-refractivity contribution in [1.29, 1.82) is 0 Å². The molecule has 0 aromatic heterocycles. The Bertz CT molecular complexity index is 353. The van der Waals surface area contributed by atoms with Gasteiger partial charge in [-0.1, -0.05) is 13.8 Å². The minimum Gasteiger partial charge on any atom is -0.377 e. The highest BCUT2D eigenvalue weighted by atomic mass is 16.5. The van der Waals surface area contributed by atoms with E-state index in [1.54, 1.807) is 0 Å². The van der Waals surface area contributed by atoms with Gasteiger partial charge in [-0.25, -0.2) is 0 Å². The van der Waals surface area contributed by atoms with Crippen LogP contribution in [0.25, 0.3) is 0 Å². The molecule has 0 bridgehead atoms. The molecule has 0 radical (unpaired) electrons. The molecule has 0 aromatic carbocycles. The van der Waals surface area contributed by atoms with Crippen molar-refractivity contribution < 1.29 is 4.74 Å². The molecule has 2 saturated heterocycles. The predicted molar refractivity (Wildman–Crippen MR) is 76.1 cm³/mol. The number of ether oxygens (including phenoxy) is 1. The Morgan fingerprint density at radius 3 is 2.84 bits per heavy atom. The maximum absolute atomic E-state index is 5.88. The topological polar surface area (TPSA) is 24.5 Å². The van der Waals surface area contributed by atoms with Crippen molar-refractivity contribution in [2.45, 2.75) is 57.7 Å². The summed E-state index contributed by atoms with van der Waals surface area (Å²) in [7, 11) is 0. The van der Waals surface area contributed by atoms with E-state index < -0.39 is 0 Å². The van der Waals surface area contributed by atoms with E-state index >= 15 is 0 Å². The average molecular weight is 264 g/mol. The first kappa shape index (κ1) is 12.6. The summed E-state index contributed by atoms with van der Waals surface area (Å²) >= 11 is 0. The van der Waals surface area contributed by atoms with Crippen LogP contribution in [0.15, 0.2) is 0 Å². The number of rotatable bonds is 4. The van der Waals surface area contributed by atoms with Gasteiger partial charge in [0.25, 0.3) is 0 Å². The van der Waals surface area contributed by atoms with Gasteiger partial charge < -0.3 is 15.0 Å². The van der Waals surface area contributed by atoms with Crippen LogP contribution in [0.3, 0.4) is 0 Å². The van der Waals surface area contributed by atoms with Gasteiger partial charge in [0.15, 0.2) is 0 Å². The first-order chi connectivity index (χ1) is 9.16. The Hall–Kier alpha value is -0.120. The van der Waals surface area contributed by atoms with Gasteiger partial charge >= 0.3 is 0 Å². The van der Waals surface area contributed by atoms with Crippen LogP contribution in [0.4, 0.5) is 0 Å². The lowest BCUT2D eigenvalue weighted by molar-refractivity contribution is -0.113. The summed E-state index contributed by atoms with van der Waals surface area (Å²) in [5.74, 6) is 1.67. The molecule has 0 amide bonds. The molecule has 4 rings (SSSR count). The molecule has 4 unspecified atom stereocenters. The lowest BCUT2D eigenvalue weighted by Crippen LogP contribution is -2.66. The second-order valence-corrected chi connectivity index (χ2v) is 7.83. The summed E-state index contributed by atoms with van der Waals surface area (Å²) in [6.45, 7) is 9.65. The van der Waals surface area contributed by atoms with Crippen LogP contribution in [0.2, 0.25) is 0 Å². The lowest BCUT2D eigenvalue weighted by atomic mass is 9.57. The van der Waals surface area contributed by atoms with E-state index in [9.17, 15) is 0 Å². The minimum atomic E-state index is 0.343. The summed E-state index contributed by atoms with van der Waals surface area (Å²) < 4.78 is 5.88. The zero-order valence-electron chi connectivity index (χ0n) is 12.4. The van der Waals surface area contributed by atoms with Crippen LogP contribution in [0, 0.1) is 17.3 Å². The Balaban J connectivity index is 1.28. The number of fused-ring (bicyclic) bond motifs is 1. The molecule has 0 spiro atoms. The molecule has 4 aliphatic rings. The molecule has 108 valence electrons. The molecule has 3 nitrogen and oxygen atoms in total. The molecule has 1 N–H and O–H groups in total. The molecule has 4 fully saturated rings. The Morgan fingerprint density at radius 1 is 1.21 bits per heavy atom. The third-order valence-corrected chi connectivity index (χ3v) is 6.11. The van der Waals surface area contributed by atoms with E-state index in [0.29, 0.717) is 17.6 Å². The molecule has 4 atom stereocenters. The van der Waals surface area contributed by atoms with E-state index in [2.05, 4.69) is 24.1 Å². The summed E-state index contributed by atoms with van der Waals surface area (Å²) in [6, 6.07) is 1.65. The Kier molecular flexibility index (Phi) is 2.95. The third-order valence-electron chi connectivity index (χ3n) is 6.11. The lowest BCUT2D eigenvalue weighted by Gasteiger charge is -2.55. The second-order valence-electron chi connectivity index (χ2n) is 7.83. The van der Waals surface area contributed by atoms with Gasteiger partial charge in [0, 0.05) is 36.6 Å². The number of nitrogens with one attached hydrogen (secondary N) is 1. The van der Waals surface area contributed by atoms with Gasteiger partial charge in [0.05, 0.1) is 6.10 Å². The van der Waals surface area contributed by atoms with Crippen molar-refractivity contribution in [3.63, 3.8) is 0 Å². The fourth-order valence-electron chi connectivity index (χ4n) is 4.83. The zero-order chi connectivity index (χ0) is 13.0. The highest BCUT2D eigenvalue weighted by molar-refractivity contribution is 5.11. The van der Waals surface area contributed by atoms with Crippen LogP contribution in [0.1, 0.15) is 39.5 Å². The van der Waals surface area contributed by atoms with Gasteiger partial charge in [0.1, 0.15) is 0 Å². The van der Waals surface area contributed by atoms with Crippen LogP contribution in [-0.2, 0) is 4.74 Å². The van der Waals surface area contributed by atoms with Crippen molar-refractivity contribution in [3.05, 3.63) is 0 Å². The fourth-order valence-corrected chi connectivity index (χ4v) is 4.83. The van der Waals surface area contributed by atoms with Crippen LogP contribution >= 0.6 is 0 Å². The maximum Gasteiger partial charge on any atom is 0.0685 e. The van der Waals surface area contributed by atoms with Crippen LogP contribution < -0.4 is 5.32 Å². The third kappa shape index (κ3) is 2.05. The Morgan fingerprint density at radius 2 is 2.05 bits per heavy atom. The van der Waals surface area contributed by atoms with Crippen molar-refractivity contribution in [3.8, 4) is 0 Å². The maximum atomic E-state index is 5.88. The highest BCUT2D eigenvalue weighted by Crippen LogP contribution is 2.52. The predicted octanol–water partition coefficient (Wildman–Crippen LogP) is 1.87. The largest absolute Gasteiger partial charge is 0.377 e. The fraction of sp³-hybridized carbons (Fsp3) is 1.00. The van der Waals surface area contributed by atoms with E-state index in [-0.39, 0.29) is 0 Å². The van der Waals surface area contributed by atoms with Gasteiger partial charge in [-0.05, 0) is 44.7 Å². The molecule has 2 saturated carbocycles. The van der Waals surface area contributed by atoms with Gasteiger partial charge in [-0.2, -0.15) is 0 Å². The molecular formula is C16H28N2O. The normalized spacial score (nSPS) is 45.2. The first-order valence-electron chi connectivity index (χ1n) is 8.25. The molecule has 3 heteroatoms. The smallest absolute Gasteiger partial charge is 0.0685 e. The van der Waals surface area contributed by atoms with Crippen LogP contribution in [0.5, 0.6) is 0 Å². The number of nitrogens with zero attached hydrogens (tertiary/aromatic N) is 1. The van der Waals surface area contributed by atoms with Crippen molar-refractivity contribution in [1.82, 2.24) is 10.2 Å². The first-order valence-corrected chi connectivity index (χ1v) is 8.25. The molecular weight excluding hydrogens is 236 g/mol. The number of hydrogen-bond acceptors (Lipinski definition) is 3. The van der Waals surface area contributed by atoms with E-state index in [1.807, 2.05) is 0 Å². The van der Waals surface area contributed by atoms with Crippen molar-refractivity contribution in [2.75, 3.05) is 26.2 Å². The van der Waals surface area contributed by atoms with E-state index in [1.165, 1.54) is 45.3 Å². The molecule has 2 aliphatic carbocycles. The minimum absolute atomic E-state index is 0.343. The Labute approximate surface area is 117 Å². The standard InChI is InChI=1S/C16H28N2O/c1-16(2)14(13-6-8-19-15(13)16)17-9-11-5-7-18(10-11)12-3-4-12/h11-15,17H,3-10H2,1-2H3. The molecule has 2 aliphatic heterocycles.